The number of carbonyl (C=O) groups excluding carboxylic acids is 3. The molecule has 6 heteroatoms. The predicted octanol–water partition coefficient (Wildman–Crippen LogP) is 7.32. The highest BCUT2D eigenvalue weighted by Gasteiger charge is 2.36. The number of hydrogen-bond donors (Lipinski definition) is 0. The summed E-state index contributed by atoms with van der Waals surface area (Å²) >= 11 is 0. The van der Waals surface area contributed by atoms with Gasteiger partial charge in [0.2, 0.25) is 5.91 Å². The average molecular weight is 513 g/mol. The summed E-state index contributed by atoms with van der Waals surface area (Å²) in [5.41, 5.74) is 0.811. The van der Waals surface area contributed by atoms with Gasteiger partial charge in [-0.2, -0.15) is 0 Å². The van der Waals surface area contributed by atoms with Gasteiger partial charge in [0.25, 0.3) is 11.8 Å². The number of benzene rings is 1. The molecule has 1 fully saturated rings. The van der Waals surface area contributed by atoms with Crippen LogP contribution in [-0.4, -0.2) is 47.4 Å². The lowest BCUT2D eigenvalue weighted by Gasteiger charge is -2.32. The van der Waals surface area contributed by atoms with Gasteiger partial charge in [-0.3, -0.25) is 19.2 Å². The van der Waals surface area contributed by atoms with Crippen LogP contribution < -0.4 is 0 Å². The summed E-state index contributed by atoms with van der Waals surface area (Å²) < 4.78 is 0. The molecule has 3 amide bonds. The van der Waals surface area contributed by atoms with E-state index in [2.05, 4.69) is 6.92 Å². The maximum atomic E-state index is 12.6. The zero-order valence-corrected chi connectivity index (χ0v) is 23.1. The Morgan fingerprint density at radius 1 is 0.784 bits per heavy atom. The van der Waals surface area contributed by atoms with E-state index in [-0.39, 0.29) is 11.8 Å². The first-order chi connectivity index (χ1) is 18.1. The standard InChI is InChI=1S/C31H48N2O4/c1-2-3-4-5-6-7-8-9-10-11-12-13-14-19-29(34)32-23-20-26(21-24-32)22-25-37-33-30(35)27-17-15-16-18-28(27)31(33)36/h15-18,26H,2-14,19-25H2,1H3. The molecule has 206 valence electrons. The third kappa shape index (κ3) is 9.55. The number of hydroxylamine groups is 2. The van der Waals surface area contributed by atoms with Crippen molar-refractivity contribution < 1.29 is 19.2 Å². The minimum absolute atomic E-state index is 0.295. The first kappa shape index (κ1) is 29.3. The number of likely N-dealkylation sites (tertiary alicyclic amines) is 1. The number of imide groups is 1. The molecule has 0 unspecified atom stereocenters. The molecule has 0 atom stereocenters. The third-order valence-electron chi connectivity index (χ3n) is 7.96. The number of nitrogens with zero attached hydrogens (tertiary/aromatic N) is 2. The smallest absolute Gasteiger partial charge is 0.285 e. The molecule has 0 aliphatic carbocycles. The maximum absolute atomic E-state index is 12.6. The molecule has 37 heavy (non-hydrogen) atoms. The molecule has 2 heterocycles. The van der Waals surface area contributed by atoms with E-state index in [4.69, 9.17) is 4.84 Å². The number of fused-ring (bicyclic) bond motifs is 1. The normalized spacial score (nSPS) is 16.0. The van der Waals surface area contributed by atoms with Crippen LogP contribution in [0.2, 0.25) is 0 Å². The molecule has 2 aliphatic heterocycles. The second-order valence-electron chi connectivity index (χ2n) is 10.9. The fourth-order valence-corrected chi connectivity index (χ4v) is 5.52. The van der Waals surface area contributed by atoms with Crippen molar-refractivity contribution in [3.8, 4) is 0 Å². The van der Waals surface area contributed by atoms with Crippen LogP contribution >= 0.6 is 0 Å². The van der Waals surface area contributed by atoms with E-state index in [9.17, 15) is 14.4 Å². The lowest BCUT2D eigenvalue weighted by Crippen LogP contribution is -2.39. The molecule has 0 N–H and O–H groups in total. The number of unbranched alkanes of at least 4 members (excludes halogenated alkanes) is 12. The van der Waals surface area contributed by atoms with Crippen molar-refractivity contribution in [1.29, 1.82) is 0 Å². The van der Waals surface area contributed by atoms with Gasteiger partial charge in [-0.15, -0.1) is 5.06 Å². The van der Waals surface area contributed by atoms with E-state index < -0.39 is 0 Å². The first-order valence-electron chi connectivity index (χ1n) is 15.0. The summed E-state index contributed by atoms with van der Waals surface area (Å²) in [5, 5.41) is 0.902. The highest BCUT2D eigenvalue weighted by atomic mass is 16.7. The highest BCUT2D eigenvalue weighted by molar-refractivity contribution is 6.20. The molecule has 0 aromatic heterocycles. The van der Waals surface area contributed by atoms with Crippen LogP contribution in [0, 0.1) is 5.92 Å². The van der Waals surface area contributed by atoms with Gasteiger partial charge in [0.1, 0.15) is 0 Å². The van der Waals surface area contributed by atoms with E-state index in [0.29, 0.717) is 36.0 Å². The molecule has 0 spiro atoms. The monoisotopic (exact) mass is 512 g/mol. The van der Waals surface area contributed by atoms with Crippen LogP contribution in [-0.2, 0) is 9.63 Å². The van der Waals surface area contributed by atoms with E-state index in [1.54, 1.807) is 24.3 Å². The molecule has 2 aliphatic rings. The van der Waals surface area contributed by atoms with E-state index in [1.165, 1.54) is 70.6 Å². The summed E-state index contributed by atoms with van der Waals surface area (Å²) in [6.45, 7) is 4.21. The summed E-state index contributed by atoms with van der Waals surface area (Å²) in [7, 11) is 0. The summed E-state index contributed by atoms with van der Waals surface area (Å²) in [4.78, 5) is 44.9. The molecule has 0 bridgehead atoms. The van der Waals surface area contributed by atoms with Gasteiger partial charge in [-0.1, -0.05) is 96.1 Å². The van der Waals surface area contributed by atoms with Crippen molar-refractivity contribution in [2.24, 2.45) is 5.92 Å². The Balaban J connectivity index is 1.16. The summed E-state index contributed by atoms with van der Waals surface area (Å²) in [6, 6.07) is 6.82. The lowest BCUT2D eigenvalue weighted by molar-refractivity contribution is -0.133. The Labute approximate surface area is 224 Å². The van der Waals surface area contributed by atoms with Gasteiger partial charge in [0, 0.05) is 19.5 Å². The minimum atomic E-state index is -0.380. The van der Waals surface area contributed by atoms with E-state index in [0.717, 1.165) is 50.3 Å². The van der Waals surface area contributed by atoms with Crippen molar-refractivity contribution in [2.45, 2.75) is 116 Å². The third-order valence-corrected chi connectivity index (χ3v) is 7.96. The highest BCUT2D eigenvalue weighted by Crippen LogP contribution is 2.25. The number of carbonyl (C=O) groups is 3. The predicted molar refractivity (Wildman–Crippen MR) is 147 cm³/mol. The largest absolute Gasteiger partial charge is 0.343 e. The molecule has 0 saturated carbocycles. The van der Waals surface area contributed by atoms with Crippen molar-refractivity contribution in [1.82, 2.24) is 9.96 Å². The number of amides is 3. The molecular weight excluding hydrogens is 464 g/mol. The lowest BCUT2D eigenvalue weighted by atomic mass is 9.93. The van der Waals surface area contributed by atoms with Gasteiger partial charge in [-0.05, 0) is 43.7 Å². The van der Waals surface area contributed by atoms with Crippen LogP contribution in [0.1, 0.15) is 137 Å². The zero-order valence-electron chi connectivity index (χ0n) is 23.1. The van der Waals surface area contributed by atoms with Crippen molar-refractivity contribution in [3.05, 3.63) is 35.4 Å². The van der Waals surface area contributed by atoms with Gasteiger partial charge in [0.15, 0.2) is 0 Å². The Kier molecular flexibility index (Phi) is 13.2. The molecular formula is C31H48N2O4. The Bertz CT molecular complexity index is 812. The molecule has 6 nitrogen and oxygen atoms in total. The minimum Gasteiger partial charge on any atom is -0.343 e. The Hall–Kier alpha value is -2.21. The number of hydrogen-bond acceptors (Lipinski definition) is 4. The second kappa shape index (κ2) is 16.6. The molecule has 1 aromatic rings. The molecule has 3 rings (SSSR count). The fraction of sp³-hybridized carbons (Fsp3) is 0.710. The maximum Gasteiger partial charge on any atom is 0.285 e. The number of piperidine rings is 1. The summed E-state index contributed by atoms with van der Waals surface area (Å²) in [6.07, 6.45) is 20.5. The van der Waals surface area contributed by atoms with Crippen LogP contribution in [0.15, 0.2) is 24.3 Å². The quantitative estimate of drug-likeness (QED) is 0.153. The topological polar surface area (TPSA) is 66.9 Å². The van der Waals surface area contributed by atoms with Gasteiger partial charge in [0.05, 0.1) is 17.7 Å². The first-order valence-corrected chi connectivity index (χ1v) is 15.0. The van der Waals surface area contributed by atoms with Crippen LogP contribution in [0.5, 0.6) is 0 Å². The SMILES string of the molecule is CCCCCCCCCCCCCCCC(=O)N1CCC(CCON2C(=O)c3ccccc3C2=O)CC1. The molecule has 1 saturated heterocycles. The molecule has 0 radical (unpaired) electrons. The van der Waals surface area contributed by atoms with Crippen LogP contribution in [0.25, 0.3) is 0 Å². The van der Waals surface area contributed by atoms with E-state index in [1.807, 2.05) is 4.90 Å². The van der Waals surface area contributed by atoms with Crippen molar-refractivity contribution >= 4 is 17.7 Å². The van der Waals surface area contributed by atoms with Crippen LogP contribution in [0.4, 0.5) is 0 Å². The Morgan fingerprint density at radius 3 is 1.78 bits per heavy atom. The summed E-state index contributed by atoms with van der Waals surface area (Å²) in [5.74, 6) is -0.0114. The fourth-order valence-electron chi connectivity index (χ4n) is 5.52. The average Bonchev–Trinajstić information content (AvgIpc) is 3.16. The second-order valence-corrected chi connectivity index (χ2v) is 10.9. The van der Waals surface area contributed by atoms with Crippen molar-refractivity contribution in [2.75, 3.05) is 19.7 Å². The Morgan fingerprint density at radius 2 is 1.27 bits per heavy atom. The van der Waals surface area contributed by atoms with Crippen molar-refractivity contribution in [3.63, 3.8) is 0 Å². The van der Waals surface area contributed by atoms with E-state index >= 15 is 0 Å². The number of rotatable bonds is 18. The van der Waals surface area contributed by atoms with Gasteiger partial charge < -0.3 is 4.90 Å². The molecule has 1 aromatic carbocycles. The zero-order chi connectivity index (χ0) is 26.3. The van der Waals surface area contributed by atoms with Gasteiger partial charge >= 0.3 is 0 Å². The van der Waals surface area contributed by atoms with Gasteiger partial charge in [-0.25, -0.2) is 0 Å². The van der Waals surface area contributed by atoms with Crippen LogP contribution in [0.3, 0.4) is 0 Å².